The molecule has 23 heavy (non-hydrogen) atoms. The molecule has 1 saturated carbocycles. The number of phenolic OH excluding ortho intramolecular Hbond substituents is 1. The van der Waals surface area contributed by atoms with Gasteiger partial charge in [0.1, 0.15) is 5.75 Å². The molecule has 122 valence electrons. The number of aromatic hydroxyl groups is 1. The highest BCUT2D eigenvalue weighted by Crippen LogP contribution is 2.60. The largest absolute Gasteiger partial charge is 0.508 e. The van der Waals surface area contributed by atoms with Crippen LogP contribution in [0.5, 0.6) is 5.75 Å². The molecule has 1 heteroatoms. The predicted molar refractivity (Wildman–Crippen MR) is 96.3 cm³/mol. The first-order valence-electron chi connectivity index (χ1n) is 9.35. The molecule has 4 rings (SSSR count). The summed E-state index contributed by atoms with van der Waals surface area (Å²) in [4.78, 5) is 0. The lowest BCUT2D eigenvalue weighted by Crippen LogP contribution is -2.35. The van der Waals surface area contributed by atoms with Gasteiger partial charge in [0, 0.05) is 0 Å². The minimum atomic E-state index is 0.401. The highest BCUT2D eigenvalue weighted by atomic mass is 16.3. The Morgan fingerprint density at radius 2 is 2.13 bits per heavy atom. The molecular weight excluding hydrogens is 280 g/mol. The Labute approximate surface area is 140 Å². The lowest BCUT2D eigenvalue weighted by atomic mass is 9.59. The van der Waals surface area contributed by atoms with Crippen LogP contribution in [0.2, 0.25) is 0 Å². The number of benzene rings is 1. The summed E-state index contributed by atoms with van der Waals surface area (Å²) in [6.45, 7) is 4.80. The lowest BCUT2D eigenvalue weighted by molar-refractivity contribution is 0.200. The highest BCUT2D eigenvalue weighted by molar-refractivity contribution is 5.74. The fraction of sp³-hybridized carbons (Fsp3) is 0.545. The number of hydrogen-bond donors (Lipinski definition) is 1. The van der Waals surface area contributed by atoms with Crippen LogP contribution in [0.1, 0.15) is 63.5 Å². The number of unbranched alkanes of at least 4 members (excludes halogenated alkanes) is 1. The van der Waals surface area contributed by atoms with E-state index in [4.69, 9.17) is 0 Å². The van der Waals surface area contributed by atoms with Crippen molar-refractivity contribution in [3.63, 3.8) is 0 Å². The molecule has 0 amide bonds. The first-order chi connectivity index (χ1) is 11.1. The van der Waals surface area contributed by atoms with Gasteiger partial charge in [0.15, 0.2) is 0 Å². The van der Waals surface area contributed by atoms with Crippen molar-refractivity contribution in [1.82, 2.24) is 0 Å². The van der Waals surface area contributed by atoms with Crippen molar-refractivity contribution in [1.29, 1.82) is 0 Å². The quantitative estimate of drug-likeness (QED) is 0.676. The zero-order valence-electron chi connectivity index (χ0n) is 14.4. The Kier molecular flexibility index (Phi) is 3.63. The molecule has 2 unspecified atom stereocenters. The van der Waals surface area contributed by atoms with Crippen LogP contribution in [0.4, 0.5) is 0 Å². The molecule has 1 fully saturated rings. The number of hydrogen-bond acceptors (Lipinski definition) is 1. The highest BCUT2D eigenvalue weighted by Gasteiger charge is 2.49. The monoisotopic (exact) mass is 308 g/mol. The van der Waals surface area contributed by atoms with Crippen molar-refractivity contribution in [3.05, 3.63) is 47.1 Å². The standard InChI is InChI=1S/C22H28O/c1-3-4-5-16-7-11-21-20-9-6-15-14-17(23)8-10-18(15)19(20)12-13-22(16,21)2/h5,8,10,12,14,20-21,23H,3-4,6-7,9,11,13H2,1-2H3/b16-5-/t20?,21?,22-/m1/s1. The number of fused-ring (bicyclic) bond motifs is 5. The number of rotatable bonds is 2. The van der Waals surface area contributed by atoms with E-state index >= 15 is 0 Å². The Morgan fingerprint density at radius 3 is 2.96 bits per heavy atom. The molecule has 0 aromatic heterocycles. The summed E-state index contributed by atoms with van der Waals surface area (Å²) in [6.07, 6.45) is 13.8. The SMILES string of the molecule is CCC/C=C1/CCC2C3CCc4cc(O)ccc4C3=CC[C@]12C. The van der Waals surface area contributed by atoms with E-state index < -0.39 is 0 Å². The molecule has 0 radical (unpaired) electrons. The van der Waals surface area contributed by atoms with E-state index in [0.29, 0.717) is 11.2 Å². The van der Waals surface area contributed by atoms with Crippen LogP contribution in [0, 0.1) is 17.3 Å². The van der Waals surface area contributed by atoms with E-state index in [1.807, 2.05) is 12.1 Å². The van der Waals surface area contributed by atoms with E-state index in [2.05, 4.69) is 32.1 Å². The molecular formula is C22H28O. The average molecular weight is 308 g/mol. The maximum Gasteiger partial charge on any atom is 0.115 e. The maximum absolute atomic E-state index is 9.77. The summed E-state index contributed by atoms with van der Waals surface area (Å²) in [6, 6.07) is 5.98. The Balaban J connectivity index is 1.72. The zero-order valence-corrected chi connectivity index (χ0v) is 14.4. The molecule has 1 N–H and O–H groups in total. The third-order valence-electron chi connectivity index (χ3n) is 6.71. The second-order valence-corrected chi connectivity index (χ2v) is 7.93. The van der Waals surface area contributed by atoms with Gasteiger partial charge < -0.3 is 5.11 Å². The molecule has 1 aromatic carbocycles. The summed E-state index contributed by atoms with van der Waals surface area (Å²) < 4.78 is 0. The third-order valence-corrected chi connectivity index (χ3v) is 6.71. The fourth-order valence-corrected chi connectivity index (χ4v) is 5.47. The van der Waals surface area contributed by atoms with Gasteiger partial charge in [0.25, 0.3) is 0 Å². The number of phenols is 1. The van der Waals surface area contributed by atoms with Crippen molar-refractivity contribution < 1.29 is 5.11 Å². The minimum absolute atomic E-state index is 0.401. The van der Waals surface area contributed by atoms with Gasteiger partial charge in [-0.3, -0.25) is 0 Å². The van der Waals surface area contributed by atoms with Crippen LogP contribution in [-0.4, -0.2) is 5.11 Å². The molecule has 0 aliphatic heterocycles. The second-order valence-electron chi connectivity index (χ2n) is 7.93. The van der Waals surface area contributed by atoms with Gasteiger partial charge in [-0.15, -0.1) is 0 Å². The van der Waals surface area contributed by atoms with Gasteiger partial charge >= 0.3 is 0 Å². The van der Waals surface area contributed by atoms with E-state index in [0.717, 1.165) is 18.3 Å². The van der Waals surface area contributed by atoms with Crippen molar-refractivity contribution in [2.45, 2.75) is 58.8 Å². The van der Waals surface area contributed by atoms with Crippen LogP contribution in [0.25, 0.3) is 5.57 Å². The smallest absolute Gasteiger partial charge is 0.115 e. The van der Waals surface area contributed by atoms with Crippen LogP contribution in [-0.2, 0) is 6.42 Å². The van der Waals surface area contributed by atoms with Crippen LogP contribution in [0.15, 0.2) is 35.9 Å². The first-order valence-corrected chi connectivity index (χ1v) is 9.35. The second kappa shape index (κ2) is 5.54. The molecule has 3 atom stereocenters. The Bertz CT molecular complexity index is 681. The van der Waals surface area contributed by atoms with Gasteiger partial charge in [-0.1, -0.05) is 44.1 Å². The third kappa shape index (κ3) is 2.28. The maximum atomic E-state index is 9.77. The van der Waals surface area contributed by atoms with Gasteiger partial charge in [0.05, 0.1) is 0 Å². The Hall–Kier alpha value is -1.50. The van der Waals surface area contributed by atoms with Gasteiger partial charge in [-0.05, 0) is 84.6 Å². The zero-order chi connectivity index (χ0) is 16.0. The number of aryl methyl sites for hydroxylation is 1. The summed E-state index contributed by atoms with van der Waals surface area (Å²) in [5.41, 5.74) is 6.46. The normalized spacial score (nSPS) is 33.8. The number of allylic oxidation sites excluding steroid dienone is 4. The van der Waals surface area contributed by atoms with E-state index in [9.17, 15) is 5.11 Å². The average Bonchev–Trinajstić information content (AvgIpc) is 2.89. The fourth-order valence-electron chi connectivity index (χ4n) is 5.47. The van der Waals surface area contributed by atoms with E-state index in [1.165, 1.54) is 49.7 Å². The molecule has 1 nitrogen and oxygen atoms in total. The topological polar surface area (TPSA) is 20.2 Å². The van der Waals surface area contributed by atoms with Crippen LogP contribution in [0.3, 0.4) is 0 Å². The molecule has 0 spiro atoms. The van der Waals surface area contributed by atoms with Crippen LogP contribution >= 0.6 is 0 Å². The first kappa shape index (κ1) is 15.1. The summed E-state index contributed by atoms with van der Waals surface area (Å²) in [5, 5.41) is 9.77. The van der Waals surface area contributed by atoms with Crippen molar-refractivity contribution in [3.8, 4) is 5.75 Å². The van der Waals surface area contributed by atoms with Gasteiger partial charge in [-0.2, -0.15) is 0 Å². The summed E-state index contributed by atoms with van der Waals surface area (Å²) >= 11 is 0. The molecule has 0 heterocycles. The van der Waals surface area contributed by atoms with Crippen molar-refractivity contribution >= 4 is 5.57 Å². The molecule has 0 saturated heterocycles. The molecule has 3 aliphatic carbocycles. The van der Waals surface area contributed by atoms with Crippen molar-refractivity contribution in [2.24, 2.45) is 17.3 Å². The molecule has 0 bridgehead atoms. The lowest BCUT2D eigenvalue weighted by Gasteiger charge is -2.45. The van der Waals surface area contributed by atoms with Gasteiger partial charge in [0.2, 0.25) is 0 Å². The Morgan fingerprint density at radius 1 is 1.26 bits per heavy atom. The minimum Gasteiger partial charge on any atom is -0.508 e. The summed E-state index contributed by atoms with van der Waals surface area (Å²) in [7, 11) is 0. The molecule has 3 aliphatic rings. The summed E-state index contributed by atoms with van der Waals surface area (Å²) in [5.74, 6) is 1.94. The van der Waals surface area contributed by atoms with E-state index in [1.54, 1.807) is 11.1 Å². The van der Waals surface area contributed by atoms with E-state index in [-0.39, 0.29) is 0 Å². The van der Waals surface area contributed by atoms with Crippen molar-refractivity contribution in [2.75, 3.05) is 0 Å². The molecule has 1 aromatic rings. The van der Waals surface area contributed by atoms with Gasteiger partial charge in [-0.25, -0.2) is 0 Å². The predicted octanol–water partition coefficient (Wildman–Crippen LogP) is 5.88. The van der Waals surface area contributed by atoms with Crippen LogP contribution < -0.4 is 0 Å².